The third-order valence-electron chi connectivity index (χ3n) is 6.09. The first-order valence-electron chi connectivity index (χ1n) is 11.5. The fourth-order valence-electron chi connectivity index (χ4n) is 4.52. The van der Waals surface area contributed by atoms with Gasteiger partial charge in [-0.1, -0.05) is 23.7 Å². The van der Waals surface area contributed by atoms with Gasteiger partial charge in [0.25, 0.3) is 0 Å². The second-order valence-electron chi connectivity index (χ2n) is 8.29. The van der Waals surface area contributed by atoms with Gasteiger partial charge in [0.15, 0.2) is 0 Å². The molecule has 2 aromatic heterocycles. The van der Waals surface area contributed by atoms with Crippen LogP contribution in [0.15, 0.2) is 55.1 Å². The first-order chi connectivity index (χ1) is 17.1. The van der Waals surface area contributed by atoms with Crippen molar-refractivity contribution in [1.29, 1.82) is 0 Å². The Hall–Kier alpha value is -3.23. The number of carbonyl (C=O) groups is 1. The summed E-state index contributed by atoms with van der Waals surface area (Å²) in [5.41, 5.74) is 4.09. The van der Waals surface area contributed by atoms with Gasteiger partial charge in [-0.3, -0.25) is 9.58 Å². The van der Waals surface area contributed by atoms with Gasteiger partial charge in [0, 0.05) is 41.1 Å². The SMILES string of the molecule is O=C(OCCCl)N1CCc2c([nH]c3ccc(Cl)cc23)C1c1ccc(OCCCn2cncn2)cc1. The van der Waals surface area contributed by atoms with Crippen LogP contribution in [0.4, 0.5) is 4.79 Å². The normalized spacial score (nSPS) is 15.3. The summed E-state index contributed by atoms with van der Waals surface area (Å²) in [6, 6.07) is 13.3. The molecule has 0 spiro atoms. The second-order valence-corrected chi connectivity index (χ2v) is 9.10. The number of ether oxygens (including phenoxy) is 2. The lowest BCUT2D eigenvalue weighted by atomic mass is 9.92. The zero-order chi connectivity index (χ0) is 24.2. The molecule has 4 aromatic rings. The molecule has 0 radical (unpaired) electrons. The number of aryl methyl sites for hydroxylation is 1. The van der Waals surface area contributed by atoms with Crippen LogP contribution in [0.2, 0.25) is 5.02 Å². The van der Waals surface area contributed by atoms with E-state index >= 15 is 0 Å². The largest absolute Gasteiger partial charge is 0.494 e. The summed E-state index contributed by atoms with van der Waals surface area (Å²) in [5.74, 6) is 1.02. The standard InChI is InChI=1S/C25H25Cl2N5O3/c26-9-13-35-25(33)32-11-8-20-21-14-18(27)4-7-22(21)30-23(20)24(32)17-2-5-19(6-3-17)34-12-1-10-31-16-28-15-29-31/h2-7,14-16,24,30H,1,8-13H2. The van der Waals surface area contributed by atoms with Gasteiger partial charge in [0.2, 0.25) is 0 Å². The van der Waals surface area contributed by atoms with Crippen LogP contribution in [0.25, 0.3) is 10.9 Å². The van der Waals surface area contributed by atoms with Crippen molar-refractivity contribution >= 4 is 40.2 Å². The summed E-state index contributed by atoms with van der Waals surface area (Å²) in [4.78, 5) is 22.1. The zero-order valence-corrected chi connectivity index (χ0v) is 20.5. The van der Waals surface area contributed by atoms with Gasteiger partial charge >= 0.3 is 6.09 Å². The smallest absolute Gasteiger partial charge is 0.410 e. The number of benzene rings is 2. The average molecular weight is 514 g/mol. The topological polar surface area (TPSA) is 85.3 Å². The molecule has 0 fully saturated rings. The highest BCUT2D eigenvalue weighted by molar-refractivity contribution is 6.31. The van der Waals surface area contributed by atoms with Crippen LogP contribution in [-0.4, -0.2) is 56.4 Å². The predicted molar refractivity (Wildman–Crippen MR) is 134 cm³/mol. The first kappa shape index (κ1) is 23.5. The minimum Gasteiger partial charge on any atom is -0.494 e. The van der Waals surface area contributed by atoms with Crippen molar-refractivity contribution in [2.75, 3.05) is 25.6 Å². The van der Waals surface area contributed by atoms with Gasteiger partial charge in [-0.15, -0.1) is 11.6 Å². The van der Waals surface area contributed by atoms with Crippen molar-refractivity contribution in [2.24, 2.45) is 0 Å². The Balaban J connectivity index is 1.38. The van der Waals surface area contributed by atoms with Gasteiger partial charge in [0.05, 0.1) is 12.5 Å². The Bertz CT molecular complexity index is 1290. The highest BCUT2D eigenvalue weighted by Crippen LogP contribution is 2.39. The number of halogens is 2. The number of amides is 1. The highest BCUT2D eigenvalue weighted by Gasteiger charge is 2.35. The summed E-state index contributed by atoms with van der Waals surface area (Å²) in [7, 11) is 0. The fraction of sp³-hybridized carbons (Fsp3) is 0.320. The molecule has 0 aliphatic carbocycles. The van der Waals surface area contributed by atoms with Gasteiger partial charge in [-0.2, -0.15) is 5.10 Å². The lowest BCUT2D eigenvalue weighted by molar-refractivity contribution is 0.0937. The third kappa shape index (κ3) is 5.09. The number of H-pyrrole nitrogens is 1. The van der Waals surface area contributed by atoms with Crippen molar-refractivity contribution < 1.29 is 14.3 Å². The number of nitrogens with one attached hydrogen (secondary N) is 1. The second kappa shape index (κ2) is 10.6. The van der Waals surface area contributed by atoms with E-state index in [-0.39, 0.29) is 24.6 Å². The maximum atomic E-state index is 12.9. The van der Waals surface area contributed by atoms with Gasteiger partial charge in [0.1, 0.15) is 31.1 Å². The van der Waals surface area contributed by atoms with E-state index < -0.39 is 0 Å². The van der Waals surface area contributed by atoms with Crippen molar-refractivity contribution in [3.8, 4) is 5.75 Å². The van der Waals surface area contributed by atoms with E-state index in [2.05, 4.69) is 15.1 Å². The Morgan fingerprint density at radius 3 is 2.80 bits per heavy atom. The molecule has 0 saturated heterocycles. The molecule has 1 N–H and O–H groups in total. The Labute approximate surface area is 212 Å². The van der Waals surface area contributed by atoms with E-state index in [9.17, 15) is 4.79 Å². The lowest BCUT2D eigenvalue weighted by Crippen LogP contribution is -2.41. The quantitative estimate of drug-likeness (QED) is 0.258. The maximum absolute atomic E-state index is 12.9. The van der Waals surface area contributed by atoms with E-state index in [1.165, 1.54) is 11.9 Å². The Morgan fingerprint density at radius 1 is 1.17 bits per heavy atom. The third-order valence-corrected chi connectivity index (χ3v) is 6.48. The number of fused-ring (bicyclic) bond motifs is 3. The van der Waals surface area contributed by atoms with E-state index in [0.29, 0.717) is 24.6 Å². The van der Waals surface area contributed by atoms with Crippen molar-refractivity contribution in [2.45, 2.75) is 25.4 Å². The molecule has 5 rings (SSSR count). The molecule has 1 unspecified atom stereocenters. The molecule has 8 nitrogen and oxygen atoms in total. The molecule has 182 valence electrons. The number of hydrogen-bond donors (Lipinski definition) is 1. The van der Waals surface area contributed by atoms with Crippen LogP contribution >= 0.6 is 23.2 Å². The Morgan fingerprint density at radius 2 is 2.03 bits per heavy atom. The van der Waals surface area contributed by atoms with Crippen LogP contribution in [0.1, 0.15) is 29.3 Å². The van der Waals surface area contributed by atoms with Gasteiger partial charge in [-0.25, -0.2) is 9.78 Å². The maximum Gasteiger partial charge on any atom is 0.410 e. The minimum absolute atomic E-state index is 0.167. The molecule has 1 atom stereocenters. The van der Waals surface area contributed by atoms with E-state index in [0.717, 1.165) is 40.9 Å². The molecular weight excluding hydrogens is 489 g/mol. The number of rotatable bonds is 8. The molecule has 3 heterocycles. The molecular formula is C25H25Cl2N5O3. The van der Waals surface area contributed by atoms with Crippen LogP contribution in [0, 0.1) is 0 Å². The number of nitrogens with zero attached hydrogens (tertiary/aromatic N) is 4. The van der Waals surface area contributed by atoms with Gasteiger partial charge in [-0.05, 0) is 47.9 Å². The van der Waals surface area contributed by atoms with E-state index in [1.807, 2.05) is 42.5 Å². The molecule has 1 aliphatic rings. The molecule has 1 amide bonds. The van der Waals surface area contributed by atoms with Crippen molar-refractivity contribution in [3.05, 3.63) is 77.0 Å². The van der Waals surface area contributed by atoms with Crippen LogP contribution in [0.5, 0.6) is 5.75 Å². The van der Waals surface area contributed by atoms with Crippen LogP contribution in [0.3, 0.4) is 0 Å². The summed E-state index contributed by atoms with van der Waals surface area (Å²) < 4.78 is 13.1. The number of hydrogen-bond acceptors (Lipinski definition) is 5. The zero-order valence-electron chi connectivity index (χ0n) is 19.0. The molecule has 10 heteroatoms. The minimum atomic E-state index is -0.383. The molecule has 1 aliphatic heterocycles. The van der Waals surface area contributed by atoms with E-state index in [4.69, 9.17) is 32.7 Å². The summed E-state index contributed by atoms with van der Waals surface area (Å²) in [5, 5.41) is 5.86. The molecule has 0 bridgehead atoms. The molecule has 35 heavy (non-hydrogen) atoms. The monoisotopic (exact) mass is 513 g/mol. The lowest BCUT2D eigenvalue weighted by Gasteiger charge is -2.35. The number of alkyl halides is 1. The first-order valence-corrected chi connectivity index (χ1v) is 12.4. The summed E-state index contributed by atoms with van der Waals surface area (Å²) >= 11 is 12.0. The van der Waals surface area contributed by atoms with Crippen molar-refractivity contribution in [3.63, 3.8) is 0 Å². The number of aromatic amines is 1. The fourth-order valence-corrected chi connectivity index (χ4v) is 4.77. The van der Waals surface area contributed by atoms with Crippen molar-refractivity contribution in [1.82, 2.24) is 24.6 Å². The Kier molecular flexibility index (Phi) is 7.11. The van der Waals surface area contributed by atoms with Crippen LogP contribution in [-0.2, 0) is 17.7 Å². The summed E-state index contributed by atoms with van der Waals surface area (Å²) in [6.45, 7) is 2.00. The van der Waals surface area contributed by atoms with Crippen LogP contribution < -0.4 is 4.74 Å². The average Bonchev–Trinajstić information content (AvgIpc) is 3.52. The van der Waals surface area contributed by atoms with Gasteiger partial charge < -0.3 is 14.5 Å². The highest BCUT2D eigenvalue weighted by atomic mass is 35.5. The number of aromatic nitrogens is 4. The van der Waals surface area contributed by atoms with E-state index in [1.54, 1.807) is 15.9 Å². The number of carbonyl (C=O) groups excluding carboxylic acids is 1. The summed E-state index contributed by atoms with van der Waals surface area (Å²) in [6.07, 6.45) is 4.35. The molecule has 0 saturated carbocycles. The predicted octanol–water partition coefficient (Wildman–Crippen LogP) is 5.20. The molecule has 2 aromatic carbocycles.